The Morgan fingerprint density at radius 3 is 2.43 bits per heavy atom. The SMILES string of the molecule is CSC1CCCC(NC2CC(NC(=O)OC(C)(C)C)C2)C1. The lowest BCUT2D eigenvalue weighted by molar-refractivity contribution is 0.0461. The first-order valence-electron chi connectivity index (χ1n) is 8.14. The van der Waals surface area contributed by atoms with Crippen LogP contribution in [0.15, 0.2) is 0 Å². The summed E-state index contributed by atoms with van der Waals surface area (Å²) in [5, 5.41) is 7.55. The molecule has 0 aromatic rings. The van der Waals surface area contributed by atoms with Gasteiger partial charge >= 0.3 is 6.09 Å². The zero-order valence-electron chi connectivity index (χ0n) is 13.8. The fourth-order valence-corrected chi connectivity index (χ4v) is 4.02. The van der Waals surface area contributed by atoms with E-state index in [1.807, 2.05) is 32.5 Å². The Morgan fingerprint density at radius 2 is 1.81 bits per heavy atom. The van der Waals surface area contributed by atoms with E-state index in [-0.39, 0.29) is 12.1 Å². The van der Waals surface area contributed by atoms with Crippen LogP contribution in [0.5, 0.6) is 0 Å². The van der Waals surface area contributed by atoms with E-state index in [1.54, 1.807) is 0 Å². The van der Waals surface area contributed by atoms with Crippen molar-refractivity contribution in [3.63, 3.8) is 0 Å². The van der Waals surface area contributed by atoms with Crippen LogP contribution < -0.4 is 10.6 Å². The molecule has 2 unspecified atom stereocenters. The van der Waals surface area contributed by atoms with Crippen LogP contribution in [-0.4, -0.2) is 41.3 Å². The number of hydrogen-bond acceptors (Lipinski definition) is 4. The molecule has 2 aliphatic carbocycles. The quantitative estimate of drug-likeness (QED) is 0.836. The lowest BCUT2D eigenvalue weighted by atomic mass is 9.84. The minimum absolute atomic E-state index is 0.275. The van der Waals surface area contributed by atoms with Gasteiger partial charge in [0.15, 0.2) is 0 Å². The lowest BCUT2D eigenvalue weighted by Gasteiger charge is -2.40. The molecule has 2 N–H and O–H groups in total. The van der Waals surface area contributed by atoms with Crippen molar-refractivity contribution in [2.75, 3.05) is 6.26 Å². The maximum Gasteiger partial charge on any atom is 0.407 e. The molecule has 0 aromatic carbocycles. The second kappa shape index (κ2) is 7.23. The van der Waals surface area contributed by atoms with E-state index in [0.717, 1.165) is 18.1 Å². The molecule has 2 atom stereocenters. The van der Waals surface area contributed by atoms with Crippen molar-refractivity contribution in [2.45, 2.75) is 88.3 Å². The zero-order valence-corrected chi connectivity index (χ0v) is 14.6. The molecule has 1 amide bonds. The number of amides is 1. The number of nitrogens with one attached hydrogen (secondary N) is 2. The number of alkyl carbamates (subject to hydrolysis) is 1. The number of carbonyl (C=O) groups excluding carboxylic acids is 1. The van der Waals surface area contributed by atoms with Gasteiger partial charge in [0.2, 0.25) is 0 Å². The summed E-state index contributed by atoms with van der Waals surface area (Å²) in [5.41, 5.74) is -0.416. The normalized spacial score (nSPS) is 33.1. The summed E-state index contributed by atoms with van der Waals surface area (Å²) >= 11 is 2.00. The van der Waals surface area contributed by atoms with Crippen LogP contribution in [-0.2, 0) is 4.74 Å². The zero-order chi connectivity index (χ0) is 15.5. The molecular weight excluding hydrogens is 284 g/mol. The van der Waals surface area contributed by atoms with E-state index in [9.17, 15) is 4.79 Å². The van der Waals surface area contributed by atoms with Gasteiger partial charge in [-0.25, -0.2) is 4.79 Å². The molecule has 122 valence electrons. The monoisotopic (exact) mass is 314 g/mol. The summed E-state index contributed by atoms with van der Waals surface area (Å²) in [6.45, 7) is 5.68. The molecule has 0 saturated heterocycles. The number of thioether (sulfide) groups is 1. The Morgan fingerprint density at radius 1 is 1.10 bits per heavy atom. The van der Waals surface area contributed by atoms with Crippen LogP contribution in [0.4, 0.5) is 4.79 Å². The molecule has 2 saturated carbocycles. The highest BCUT2D eigenvalue weighted by atomic mass is 32.2. The smallest absolute Gasteiger partial charge is 0.407 e. The molecule has 0 radical (unpaired) electrons. The highest BCUT2D eigenvalue weighted by Gasteiger charge is 2.33. The van der Waals surface area contributed by atoms with Crippen LogP contribution in [0.3, 0.4) is 0 Å². The lowest BCUT2D eigenvalue weighted by Crippen LogP contribution is -2.55. The summed E-state index contributed by atoms with van der Waals surface area (Å²) in [6, 6.07) is 1.51. The second-order valence-electron chi connectivity index (χ2n) is 7.40. The molecular formula is C16H30N2O2S. The summed E-state index contributed by atoms with van der Waals surface area (Å²) in [7, 11) is 0. The van der Waals surface area contributed by atoms with Crippen molar-refractivity contribution < 1.29 is 9.53 Å². The van der Waals surface area contributed by atoms with Crippen molar-refractivity contribution in [2.24, 2.45) is 0 Å². The van der Waals surface area contributed by atoms with Crippen LogP contribution in [0.25, 0.3) is 0 Å². The van der Waals surface area contributed by atoms with Crippen LogP contribution in [0.1, 0.15) is 59.3 Å². The third-order valence-electron chi connectivity index (χ3n) is 4.29. The van der Waals surface area contributed by atoms with Crippen molar-refractivity contribution >= 4 is 17.9 Å². The number of ether oxygens (including phenoxy) is 1. The predicted molar refractivity (Wildman–Crippen MR) is 88.9 cm³/mol. The summed E-state index contributed by atoms with van der Waals surface area (Å²) in [6.07, 6.45) is 9.30. The third kappa shape index (κ3) is 5.70. The summed E-state index contributed by atoms with van der Waals surface area (Å²) < 4.78 is 5.28. The van der Waals surface area contributed by atoms with Crippen molar-refractivity contribution in [3.8, 4) is 0 Å². The fraction of sp³-hybridized carbons (Fsp3) is 0.938. The summed E-state index contributed by atoms with van der Waals surface area (Å²) in [5.74, 6) is 0. The van der Waals surface area contributed by atoms with E-state index in [1.165, 1.54) is 25.7 Å². The van der Waals surface area contributed by atoms with E-state index >= 15 is 0 Å². The minimum atomic E-state index is -0.416. The van der Waals surface area contributed by atoms with Crippen molar-refractivity contribution in [1.82, 2.24) is 10.6 Å². The number of rotatable bonds is 4. The maximum absolute atomic E-state index is 11.7. The van der Waals surface area contributed by atoms with Gasteiger partial charge in [-0.2, -0.15) is 11.8 Å². The molecule has 0 aliphatic heterocycles. The van der Waals surface area contributed by atoms with Gasteiger partial charge in [0.25, 0.3) is 0 Å². The van der Waals surface area contributed by atoms with E-state index < -0.39 is 5.60 Å². The number of carbonyl (C=O) groups is 1. The largest absolute Gasteiger partial charge is 0.444 e. The van der Waals surface area contributed by atoms with Crippen molar-refractivity contribution in [3.05, 3.63) is 0 Å². The van der Waals surface area contributed by atoms with E-state index in [4.69, 9.17) is 4.74 Å². The molecule has 2 rings (SSSR count). The standard InChI is InChI=1S/C16H30N2O2S/c1-16(2,3)20-15(19)18-13-8-12(9-13)17-11-6-5-7-14(10-11)21-4/h11-14,17H,5-10H2,1-4H3,(H,18,19). The van der Waals surface area contributed by atoms with Gasteiger partial charge in [-0.3, -0.25) is 0 Å². The topological polar surface area (TPSA) is 50.4 Å². The van der Waals surface area contributed by atoms with Gasteiger partial charge in [-0.05, 0) is 59.1 Å². The predicted octanol–water partition coefficient (Wildman–Crippen LogP) is 3.31. The van der Waals surface area contributed by atoms with Crippen molar-refractivity contribution in [1.29, 1.82) is 0 Å². The average Bonchev–Trinajstić information content (AvgIpc) is 2.34. The molecule has 0 spiro atoms. The Bertz CT molecular complexity index is 351. The first-order valence-corrected chi connectivity index (χ1v) is 9.43. The maximum atomic E-state index is 11.7. The Kier molecular flexibility index (Phi) is 5.83. The number of hydrogen-bond donors (Lipinski definition) is 2. The molecule has 2 fully saturated rings. The Labute approximate surface area is 133 Å². The highest BCUT2D eigenvalue weighted by molar-refractivity contribution is 7.99. The first-order chi connectivity index (χ1) is 9.85. The van der Waals surface area contributed by atoms with Gasteiger partial charge in [-0.15, -0.1) is 0 Å². The van der Waals surface area contributed by atoms with E-state index in [2.05, 4.69) is 16.9 Å². The summed E-state index contributed by atoms with van der Waals surface area (Å²) in [4.78, 5) is 11.7. The first kappa shape index (κ1) is 16.9. The van der Waals surface area contributed by atoms with Gasteiger partial charge in [0.1, 0.15) is 5.60 Å². The van der Waals surface area contributed by atoms with Gasteiger partial charge in [0, 0.05) is 23.4 Å². The average molecular weight is 314 g/mol. The van der Waals surface area contributed by atoms with E-state index in [0.29, 0.717) is 12.1 Å². The Balaban J connectivity index is 1.62. The van der Waals surface area contributed by atoms with Gasteiger partial charge in [-0.1, -0.05) is 6.42 Å². The minimum Gasteiger partial charge on any atom is -0.444 e. The van der Waals surface area contributed by atoms with Crippen LogP contribution >= 0.6 is 11.8 Å². The molecule has 4 nitrogen and oxygen atoms in total. The molecule has 21 heavy (non-hydrogen) atoms. The molecule has 0 bridgehead atoms. The van der Waals surface area contributed by atoms with Gasteiger partial charge in [0.05, 0.1) is 0 Å². The second-order valence-corrected chi connectivity index (χ2v) is 8.54. The Hall–Kier alpha value is -0.420. The molecule has 0 heterocycles. The molecule has 2 aliphatic rings. The highest BCUT2D eigenvalue weighted by Crippen LogP contribution is 2.29. The molecule has 0 aromatic heterocycles. The third-order valence-corrected chi connectivity index (χ3v) is 5.38. The molecule has 5 heteroatoms. The fourth-order valence-electron chi connectivity index (χ4n) is 3.19. The van der Waals surface area contributed by atoms with Crippen LogP contribution in [0.2, 0.25) is 0 Å². The van der Waals surface area contributed by atoms with Gasteiger partial charge < -0.3 is 15.4 Å². The van der Waals surface area contributed by atoms with Crippen LogP contribution in [0, 0.1) is 0 Å².